The molecule has 0 radical (unpaired) electrons. The molecule has 2 aliphatic rings. The average molecular weight is 408 g/mol. The molecular formula is C24H29N3O3. The number of fused-ring (bicyclic) bond motifs is 2. The first-order valence-corrected chi connectivity index (χ1v) is 10.9. The molecule has 0 spiro atoms. The monoisotopic (exact) mass is 407 g/mol. The Balaban J connectivity index is 1.65. The van der Waals surface area contributed by atoms with Crippen LogP contribution in [-0.2, 0) is 22.4 Å². The first-order chi connectivity index (χ1) is 14.7. The summed E-state index contributed by atoms with van der Waals surface area (Å²) >= 11 is 0. The van der Waals surface area contributed by atoms with Crippen LogP contribution >= 0.6 is 0 Å². The van der Waals surface area contributed by atoms with Crippen molar-refractivity contribution in [2.75, 3.05) is 36.5 Å². The van der Waals surface area contributed by atoms with E-state index >= 15 is 0 Å². The summed E-state index contributed by atoms with van der Waals surface area (Å²) in [5, 5.41) is 2.77. The number of para-hydroxylation sites is 1. The summed E-state index contributed by atoms with van der Waals surface area (Å²) in [5.41, 5.74) is 4.69. The number of likely N-dealkylation sites (tertiary alicyclic amines) is 1. The van der Waals surface area contributed by atoms with Crippen LogP contribution in [0.2, 0.25) is 0 Å². The van der Waals surface area contributed by atoms with Crippen LogP contribution in [0.15, 0.2) is 42.5 Å². The lowest BCUT2D eigenvalue weighted by Gasteiger charge is -2.26. The lowest BCUT2D eigenvalue weighted by molar-refractivity contribution is -0.118. The number of amides is 2. The summed E-state index contributed by atoms with van der Waals surface area (Å²) in [6.07, 6.45) is 4.15. The highest BCUT2D eigenvalue weighted by atomic mass is 16.5. The minimum absolute atomic E-state index is 0.0887. The topological polar surface area (TPSA) is 61.9 Å². The fraction of sp³-hybridized carbons (Fsp3) is 0.417. The van der Waals surface area contributed by atoms with Crippen molar-refractivity contribution in [3.05, 3.63) is 53.6 Å². The van der Waals surface area contributed by atoms with Gasteiger partial charge in [-0.05, 0) is 75.0 Å². The maximum absolute atomic E-state index is 13.5. The summed E-state index contributed by atoms with van der Waals surface area (Å²) in [6.45, 7) is 5.02. The van der Waals surface area contributed by atoms with Crippen molar-refractivity contribution in [2.24, 2.45) is 0 Å². The zero-order valence-corrected chi connectivity index (χ0v) is 17.5. The summed E-state index contributed by atoms with van der Waals surface area (Å²) in [4.78, 5) is 29.6. The Bertz CT molecular complexity index is 922. The Morgan fingerprint density at radius 3 is 2.50 bits per heavy atom. The molecule has 2 aromatic carbocycles. The molecule has 0 aliphatic carbocycles. The number of carbonyl (C=O) groups is 2. The van der Waals surface area contributed by atoms with E-state index in [1.54, 1.807) is 6.92 Å². The van der Waals surface area contributed by atoms with Crippen LogP contribution in [-0.4, -0.2) is 43.1 Å². The molecule has 6 nitrogen and oxygen atoms in total. The van der Waals surface area contributed by atoms with Crippen LogP contribution in [0.1, 0.15) is 37.3 Å². The number of benzene rings is 2. The van der Waals surface area contributed by atoms with Crippen molar-refractivity contribution in [3.63, 3.8) is 0 Å². The van der Waals surface area contributed by atoms with E-state index < -0.39 is 6.09 Å². The fourth-order valence-electron chi connectivity index (χ4n) is 4.33. The van der Waals surface area contributed by atoms with Crippen LogP contribution < -0.4 is 10.2 Å². The highest BCUT2D eigenvalue weighted by Crippen LogP contribution is 2.38. The van der Waals surface area contributed by atoms with Crippen LogP contribution in [0.3, 0.4) is 0 Å². The molecule has 2 aliphatic heterocycles. The predicted molar refractivity (Wildman–Crippen MR) is 118 cm³/mol. The third kappa shape index (κ3) is 4.49. The zero-order chi connectivity index (χ0) is 20.9. The molecule has 1 fully saturated rings. The summed E-state index contributed by atoms with van der Waals surface area (Å²) in [6, 6.07) is 13.9. The van der Waals surface area contributed by atoms with Gasteiger partial charge in [0.05, 0.1) is 18.0 Å². The van der Waals surface area contributed by atoms with Gasteiger partial charge >= 0.3 is 6.09 Å². The lowest BCUT2D eigenvalue weighted by Crippen LogP contribution is -2.31. The van der Waals surface area contributed by atoms with Crippen LogP contribution in [0.25, 0.3) is 0 Å². The number of hydrogen-bond acceptors (Lipinski definition) is 4. The normalized spacial score (nSPS) is 15.8. The predicted octanol–water partition coefficient (Wildman–Crippen LogP) is 4.50. The Labute approximate surface area is 177 Å². The second-order valence-electron chi connectivity index (χ2n) is 7.85. The first kappa shape index (κ1) is 20.4. The largest absolute Gasteiger partial charge is 0.450 e. The van der Waals surface area contributed by atoms with E-state index in [1.165, 1.54) is 18.4 Å². The molecule has 4 rings (SSSR count). The van der Waals surface area contributed by atoms with Gasteiger partial charge in [0.15, 0.2) is 0 Å². The van der Waals surface area contributed by atoms with E-state index in [2.05, 4.69) is 16.3 Å². The summed E-state index contributed by atoms with van der Waals surface area (Å²) < 4.78 is 5.00. The fourth-order valence-corrected chi connectivity index (χ4v) is 4.33. The highest BCUT2D eigenvalue weighted by molar-refractivity contribution is 6.03. The molecule has 0 unspecified atom stereocenters. The van der Waals surface area contributed by atoms with Crippen molar-refractivity contribution >= 4 is 29.1 Å². The number of hydrogen-bond donors (Lipinski definition) is 1. The molecule has 0 aromatic heterocycles. The average Bonchev–Trinajstić information content (AvgIpc) is 3.21. The molecular weight excluding hydrogens is 378 g/mol. The van der Waals surface area contributed by atoms with Gasteiger partial charge in [0.1, 0.15) is 0 Å². The van der Waals surface area contributed by atoms with Gasteiger partial charge in [-0.3, -0.25) is 15.0 Å². The molecule has 2 heterocycles. The second kappa shape index (κ2) is 9.30. The molecule has 2 amide bonds. The van der Waals surface area contributed by atoms with Crippen molar-refractivity contribution in [1.29, 1.82) is 0 Å². The van der Waals surface area contributed by atoms with Crippen molar-refractivity contribution < 1.29 is 14.3 Å². The summed E-state index contributed by atoms with van der Waals surface area (Å²) in [5.74, 6) is 0.0887. The van der Waals surface area contributed by atoms with Gasteiger partial charge in [-0.25, -0.2) is 4.79 Å². The molecule has 1 N–H and O–H groups in total. The molecule has 1 saturated heterocycles. The summed E-state index contributed by atoms with van der Waals surface area (Å²) in [7, 11) is 0. The molecule has 0 atom stereocenters. The number of carbonyl (C=O) groups excluding carboxylic acids is 2. The van der Waals surface area contributed by atoms with Gasteiger partial charge in [-0.15, -0.1) is 0 Å². The van der Waals surface area contributed by atoms with E-state index in [9.17, 15) is 9.59 Å². The van der Waals surface area contributed by atoms with E-state index in [1.807, 2.05) is 41.3 Å². The number of nitrogens with zero attached hydrogens (tertiary/aromatic N) is 2. The number of nitrogens with one attached hydrogen (secondary N) is 1. The molecule has 2 aromatic rings. The van der Waals surface area contributed by atoms with Gasteiger partial charge in [0.25, 0.3) is 0 Å². The molecule has 158 valence electrons. The molecule has 6 heteroatoms. The number of ether oxygens (including phenoxy) is 1. The van der Waals surface area contributed by atoms with E-state index in [-0.39, 0.29) is 5.91 Å². The van der Waals surface area contributed by atoms with E-state index in [0.717, 1.165) is 49.4 Å². The minimum Gasteiger partial charge on any atom is -0.450 e. The SMILES string of the molecule is CCOC(=O)Nc1ccc2c(c1)N(C(=O)CCN1CCCC1)c1ccccc1CC2. The maximum Gasteiger partial charge on any atom is 0.411 e. The highest BCUT2D eigenvalue weighted by Gasteiger charge is 2.27. The third-order valence-electron chi connectivity index (χ3n) is 5.83. The maximum atomic E-state index is 13.5. The second-order valence-corrected chi connectivity index (χ2v) is 7.85. The van der Waals surface area contributed by atoms with E-state index in [4.69, 9.17) is 4.74 Å². The van der Waals surface area contributed by atoms with Gasteiger partial charge in [-0.2, -0.15) is 0 Å². The third-order valence-corrected chi connectivity index (χ3v) is 5.83. The minimum atomic E-state index is -0.488. The van der Waals surface area contributed by atoms with Gasteiger partial charge in [0.2, 0.25) is 5.91 Å². The van der Waals surface area contributed by atoms with Crippen molar-refractivity contribution in [3.8, 4) is 0 Å². The van der Waals surface area contributed by atoms with Crippen molar-refractivity contribution in [1.82, 2.24) is 4.90 Å². The number of anilines is 3. The Hall–Kier alpha value is -2.86. The van der Waals surface area contributed by atoms with Crippen LogP contribution in [0.4, 0.5) is 21.9 Å². The smallest absolute Gasteiger partial charge is 0.411 e. The Morgan fingerprint density at radius 1 is 1.00 bits per heavy atom. The molecule has 30 heavy (non-hydrogen) atoms. The Morgan fingerprint density at radius 2 is 1.73 bits per heavy atom. The zero-order valence-electron chi connectivity index (χ0n) is 17.5. The van der Waals surface area contributed by atoms with Gasteiger partial charge in [-0.1, -0.05) is 24.3 Å². The van der Waals surface area contributed by atoms with E-state index in [0.29, 0.717) is 18.7 Å². The number of rotatable bonds is 5. The standard InChI is InChI=1S/C24H29N3O3/c1-2-30-24(29)25-20-12-11-19-10-9-18-7-3-4-8-21(18)27(22(19)17-20)23(28)13-16-26-14-5-6-15-26/h3-4,7-8,11-12,17H,2,5-6,9-10,13-16H2,1H3,(H,25,29). The lowest BCUT2D eigenvalue weighted by atomic mass is 10.0. The quantitative estimate of drug-likeness (QED) is 0.792. The Kier molecular flexibility index (Phi) is 6.33. The van der Waals surface area contributed by atoms with Gasteiger partial charge < -0.3 is 9.64 Å². The first-order valence-electron chi connectivity index (χ1n) is 10.9. The number of aryl methyl sites for hydroxylation is 2. The molecule has 0 saturated carbocycles. The van der Waals surface area contributed by atoms with Gasteiger partial charge in [0, 0.05) is 18.7 Å². The van der Waals surface area contributed by atoms with Crippen LogP contribution in [0, 0.1) is 0 Å². The van der Waals surface area contributed by atoms with Crippen LogP contribution in [0.5, 0.6) is 0 Å². The van der Waals surface area contributed by atoms with Crippen molar-refractivity contribution in [2.45, 2.75) is 39.0 Å². The molecule has 0 bridgehead atoms.